The Balaban J connectivity index is 1.97. The highest BCUT2D eigenvalue weighted by Crippen LogP contribution is 2.25. The van der Waals surface area contributed by atoms with Crippen LogP contribution in [0.5, 0.6) is 11.5 Å². The van der Waals surface area contributed by atoms with E-state index in [0.717, 1.165) is 17.1 Å². The molecule has 1 atom stereocenters. The first-order chi connectivity index (χ1) is 10.4. The minimum absolute atomic E-state index is 0.148. The lowest BCUT2D eigenvalue weighted by Crippen LogP contribution is -2.19. The van der Waals surface area contributed by atoms with Gasteiger partial charge in [-0.3, -0.25) is 0 Å². The largest absolute Gasteiger partial charge is 0.497 e. The van der Waals surface area contributed by atoms with Crippen LogP contribution in [-0.2, 0) is 5.41 Å². The van der Waals surface area contributed by atoms with Crippen molar-refractivity contribution in [1.29, 1.82) is 0 Å². The maximum Gasteiger partial charge on any atom is 0.119 e. The normalized spacial score (nSPS) is 12.8. The molecule has 0 bridgehead atoms. The minimum Gasteiger partial charge on any atom is -0.497 e. The van der Waals surface area contributed by atoms with Gasteiger partial charge in [-0.2, -0.15) is 0 Å². The van der Waals surface area contributed by atoms with Gasteiger partial charge in [0.1, 0.15) is 18.1 Å². The van der Waals surface area contributed by atoms with Crippen molar-refractivity contribution in [3.63, 3.8) is 0 Å². The highest BCUT2D eigenvalue weighted by atomic mass is 16.5. The summed E-state index contributed by atoms with van der Waals surface area (Å²) in [6, 6.07) is 15.8. The molecule has 0 aromatic heterocycles. The summed E-state index contributed by atoms with van der Waals surface area (Å²) in [5, 5.41) is 0. The summed E-state index contributed by atoms with van der Waals surface area (Å²) in [5.41, 5.74) is 8.63. The molecular weight excluding hydrogens is 274 g/mol. The second kappa shape index (κ2) is 6.84. The van der Waals surface area contributed by atoms with Crippen molar-refractivity contribution in [3.8, 4) is 11.5 Å². The van der Waals surface area contributed by atoms with Gasteiger partial charge in [0, 0.05) is 0 Å². The second-order valence-corrected chi connectivity index (χ2v) is 6.47. The van der Waals surface area contributed by atoms with Crippen LogP contribution in [0.3, 0.4) is 0 Å². The standard InChI is InChI=1S/C19H25NO2/c1-19(2,3)15-8-10-16(11-9-15)22-13-18(20)14-6-5-7-17(12-14)21-4/h5-12,18H,13,20H2,1-4H3. The number of hydrogen-bond acceptors (Lipinski definition) is 3. The third-order valence-electron chi connectivity index (χ3n) is 3.67. The molecule has 2 aromatic carbocycles. The van der Waals surface area contributed by atoms with Crippen molar-refractivity contribution in [2.24, 2.45) is 5.73 Å². The summed E-state index contributed by atoms with van der Waals surface area (Å²) >= 11 is 0. The maximum atomic E-state index is 6.19. The molecule has 0 aliphatic heterocycles. The monoisotopic (exact) mass is 299 g/mol. The van der Waals surface area contributed by atoms with Gasteiger partial charge in [0.2, 0.25) is 0 Å². The Kier molecular flexibility index (Phi) is 5.09. The summed E-state index contributed by atoms with van der Waals surface area (Å²) in [6.45, 7) is 7.02. The summed E-state index contributed by atoms with van der Waals surface area (Å²) < 4.78 is 11.0. The van der Waals surface area contributed by atoms with Crippen LogP contribution in [0.15, 0.2) is 48.5 Å². The molecule has 0 saturated carbocycles. The predicted molar refractivity (Wildman–Crippen MR) is 90.6 cm³/mol. The fourth-order valence-electron chi connectivity index (χ4n) is 2.21. The van der Waals surface area contributed by atoms with E-state index in [1.807, 2.05) is 36.4 Å². The fraction of sp³-hybridized carbons (Fsp3) is 0.368. The Morgan fingerprint density at radius 3 is 2.27 bits per heavy atom. The van der Waals surface area contributed by atoms with Gasteiger partial charge < -0.3 is 15.2 Å². The van der Waals surface area contributed by atoms with Crippen molar-refractivity contribution in [2.75, 3.05) is 13.7 Å². The molecule has 0 spiro atoms. The number of methoxy groups -OCH3 is 1. The maximum absolute atomic E-state index is 6.19. The van der Waals surface area contributed by atoms with Crippen LogP contribution in [0.25, 0.3) is 0 Å². The lowest BCUT2D eigenvalue weighted by atomic mass is 9.87. The van der Waals surface area contributed by atoms with E-state index < -0.39 is 0 Å². The topological polar surface area (TPSA) is 44.5 Å². The molecule has 2 N–H and O–H groups in total. The van der Waals surface area contributed by atoms with Gasteiger partial charge in [-0.05, 0) is 40.8 Å². The summed E-state index contributed by atoms with van der Waals surface area (Å²) in [5.74, 6) is 1.65. The highest BCUT2D eigenvalue weighted by Gasteiger charge is 2.13. The summed E-state index contributed by atoms with van der Waals surface area (Å²) in [6.07, 6.45) is 0. The number of benzene rings is 2. The average Bonchev–Trinajstić information content (AvgIpc) is 2.52. The van der Waals surface area contributed by atoms with E-state index in [-0.39, 0.29) is 11.5 Å². The van der Waals surface area contributed by atoms with Crippen LogP contribution in [0.2, 0.25) is 0 Å². The molecule has 0 aliphatic carbocycles. The molecular formula is C19H25NO2. The predicted octanol–water partition coefficient (Wildman–Crippen LogP) is 4.07. The third kappa shape index (κ3) is 4.25. The van der Waals surface area contributed by atoms with Crippen LogP contribution < -0.4 is 15.2 Å². The SMILES string of the molecule is COc1cccc(C(N)COc2ccc(C(C)(C)C)cc2)c1. The van der Waals surface area contributed by atoms with Crippen LogP contribution in [0.4, 0.5) is 0 Å². The number of ether oxygens (including phenoxy) is 2. The lowest BCUT2D eigenvalue weighted by Gasteiger charge is -2.19. The van der Waals surface area contributed by atoms with E-state index in [4.69, 9.17) is 15.2 Å². The van der Waals surface area contributed by atoms with Crippen LogP contribution in [0.1, 0.15) is 37.9 Å². The molecule has 0 fully saturated rings. The van der Waals surface area contributed by atoms with Crippen molar-refractivity contribution in [1.82, 2.24) is 0 Å². The first kappa shape index (κ1) is 16.4. The molecule has 3 nitrogen and oxygen atoms in total. The lowest BCUT2D eigenvalue weighted by molar-refractivity contribution is 0.290. The smallest absolute Gasteiger partial charge is 0.119 e. The Morgan fingerprint density at radius 2 is 1.68 bits per heavy atom. The molecule has 3 heteroatoms. The van der Waals surface area contributed by atoms with E-state index in [2.05, 4.69) is 32.9 Å². The molecule has 2 rings (SSSR count). The van der Waals surface area contributed by atoms with Gasteiger partial charge in [0.15, 0.2) is 0 Å². The minimum atomic E-state index is -0.183. The Morgan fingerprint density at radius 1 is 1.00 bits per heavy atom. The second-order valence-electron chi connectivity index (χ2n) is 6.47. The van der Waals surface area contributed by atoms with Gasteiger partial charge in [-0.25, -0.2) is 0 Å². The third-order valence-corrected chi connectivity index (χ3v) is 3.67. The Hall–Kier alpha value is -2.00. The van der Waals surface area contributed by atoms with E-state index in [1.165, 1.54) is 5.56 Å². The molecule has 2 aromatic rings. The fourth-order valence-corrected chi connectivity index (χ4v) is 2.21. The molecule has 0 radical (unpaired) electrons. The first-order valence-electron chi connectivity index (χ1n) is 7.53. The molecule has 0 heterocycles. The van der Waals surface area contributed by atoms with Crippen LogP contribution in [-0.4, -0.2) is 13.7 Å². The zero-order valence-electron chi connectivity index (χ0n) is 13.8. The van der Waals surface area contributed by atoms with Gasteiger partial charge >= 0.3 is 0 Å². The molecule has 0 saturated heterocycles. The van der Waals surface area contributed by atoms with Gasteiger partial charge in [-0.1, -0.05) is 45.0 Å². The highest BCUT2D eigenvalue weighted by molar-refractivity contribution is 5.32. The van der Waals surface area contributed by atoms with Crippen molar-refractivity contribution < 1.29 is 9.47 Å². The molecule has 1 unspecified atom stereocenters. The summed E-state index contributed by atoms with van der Waals surface area (Å²) in [4.78, 5) is 0. The Labute approximate surface area is 133 Å². The number of nitrogens with two attached hydrogens (primary N) is 1. The van der Waals surface area contributed by atoms with Gasteiger partial charge in [-0.15, -0.1) is 0 Å². The molecule has 22 heavy (non-hydrogen) atoms. The number of rotatable bonds is 5. The van der Waals surface area contributed by atoms with Crippen molar-refractivity contribution >= 4 is 0 Å². The van der Waals surface area contributed by atoms with Crippen LogP contribution in [0, 0.1) is 0 Å². The van der Waals surface area contributed by atoms with Crippen molar-refractivity contribution in [3.05, 3.63) is 59.7 Å². The van der Waals surface area contributed by atoms with E-state index in [9.17, 15) is 0 Å². The van der Waals surface area contributed by atoms with E-state index in [0.29, 0.717) is 6.61 Å². The average molecular weight is 299 g/mol. The molecule has 0 amide bonds. The van der Waals surface area contributed by atoms with E-state index in [1.54, 1.807) is 7.11 Å². The van der Waals surface area contributed by atoms with Gasteiger partial charge in [0.05, 0.1) is 13.2 Å². The molecule has 0 aliphatic rings. The van der Waals surface area contributed by atoms with Gasteiger partial charge in [0.25, 0.3) is 0 Å². The summed E-state index contributed by atoms with van der Waals surface area (Å²) in [7, 11) is 1.65. The Bertz CT molecular complexity index is 600. The first-order valence-corrected chi connectivity index (χ1v) is 7.53. The van der Waals surface area contributed by atoms with Crippen molar-refractivity contribution in [2.45, 2.75) is 32.2 Å². The number of hydrogen-bond donors (Lipinski definition) is 1. The zero-order valence-corrected chi connectivity index (χ0v) is 13.8. The van der Waals surface area contributed by atoms with E-state index >= 15 is 0 Å². The molecule has 118 valence electrons. The zero-order chi connectivity index (χ0) is 16.2. The van der Waals surface area contributed by atoms with Crippen LogP contribution >= 0.6 is 0 Å². The quantitative estimate of drug-likeness (QED) is 0.905.